The lowest BCUT2D eigenvalue weighted by Gasteiger charge is -2.17. The molecule has 0 bridgehead atoms. The highest BCUT2D eigenvalue weighted by atomic mass is 32.2. The number of nitrogens with one attached hydrogen (secondary N) is 2. The van der Waals surface area contributed by atoms with Gasteiger partial charge in [-0.3, -0.25) is 4.72 Å². The second-order valence-corrected chi connectivity index (χ2v) is 9.36. The van der Waals surface area contributed by atoms with Gasteiger partial charge in [0, 0.05) is 42.3 Å². The van der Waals surface area contributed by atoms with Gasteiger partial charge in [0.15, 0.2) is 0 Å². The third kappa shape index (κ3) is 5.28. The molecule has 0 atom stereocenters. The summed E-state index contributed by atoms with van der Waals surface area (Å²) in [6.45, 7) is 3.88. The van der Waals surface area contributed by atoms with Crippen LogP contribution < -0.4 is 24.4 Å². The SMILES string of the molecule is COc1ccc(OC)c(S(=O)(=O)Nc2ccc(Nc3cc(C)nc(N4CCCC4)n3)cc2)c1. The fourth-order valence-corrected chi connectivity index (χ4v) is 4.89. The maximum absolute atomic E-state index is 12.9. The Morgan fingerprint density at radius 3 is 2.27 bits per heavy atom. The summed E-state index contributed by atoms with van der Waals surface area (Å²) in [6.07, 6.45) is 2.30. The van der Waals surface area contributed by atoms with E-state index in [9.17, 15) is 8.42 Å². The summed E-state index contributed by atoms with van der Waals surface area (Å²) >= 11 is 0. The third-order valence-electron chi connectivity index (χ3n) is 5.30. The average Bonchev–Trinajstić information content (AvgIpc) is 3.34. The van der Waals surface area contributed by atoms with Gasteiger partial charge >= 0.3 is 0 Å². The number of rotatable bonds is 8. The monoisotopic (exact) mass is 469 g/mol. The topological polar surface area (TPSA) is 106 Å². The predicted octanol–water partition coefficient (Wildman–Crippen LogP) is 3.95. The summed E-state index contributed by atoms with van der Waals surface area (Å²) < 4.78 is 38.8. The Morgan fingerprint density at radius 2 is 1.61 bits per heavy atom. The van der Waals surface area contributed by atoms with Gasteiger partial charge in [-0.2, -0.15) is 4.98 Å². The summed E-state index contributed by atoms with van der Waals surface area (Å²) in [5.41, 5.74) is 2.08. The summed E-state index contributed by atoms with van der Waals surface area (Å²) in [7, 11) is -0.984. The Labute approximate surface area is 193 Å². The fraction of sp³-hybridized carbons (Fsp3) is 0.304. The highest BCUT2D eigenvalue weighted by molar-refractivity contribution is 7.92. The highest BCUT2D eigenvalue weighted by Crippen LogP contribution is 2.30. The Hall–Kier alpha value is -3.53. The van der Waals surface area contributed by atoms with E-state index in [4.69, 9.17) is 9.47 Å². The largest absolute Gasteiger partial charge is 0.497 e. The summed E-state index contributed by atoms with van der Waals surface area (Å²) in [6, 6.07) is 13.4. The molecule has 0 radical (unpaired) electrons. The van der Waals surface area contributed by atoms with Crippen molar-refractivity contribution in [3.63, 3.8) is 0 Å². The molecule has 2 aromatic carbocycles. The van der Waals surface area contributed by atoms with Crippen LogP contribution in [0.3, 0.4) is 0 Å². The number of benzene rings is 2. The summed E-state index contributed by atoms with van der Waals surface area (Å²) in [5, 5.41) is 3.27. The molecule has 1 aromatic heterocycles. The van der Waals surface area contributed by atoms with Crippen LogP contribution in [0.5, 0.6) is 11.5 Å². The van der Waals surface area contributed by atoms with E-state index in [0.717, 1.165) is 43.3 Å². The van der Waals surface area contributed by atoms with Gasteiger partial charge in [0.25, 0.3) is 10.0 Å². The molecule has 0 aliphatic carbocycles. The van der Waals surface area contributed by atoms with Crippen LogP contribution in [0, 0.1) is 6.92 Å². The van der Waals surface area contributed by atoms with E-state index in [1.807, 2.05) is 13.0 Å². The first-order chi connectivity index (χ1) is 15.9. The van der Waals surface area contributed by atoms with E-state index in [1.165, 1.54) is 20.3 Å². The van der Waals surface area contributed by atoms with Crippen LogP contribution in [0.1, 0.15) is 18.5 Å². The molecule has 2 heterocycles. The van der Waals surface area contributed by atoms with Crippen LogP contribution in [-0.4, -0.2) is 45.7 Å². The zero-order valence-corrected chi connectivity index (χ0v) is 19.6. The minimum Gasteiger partial charge on any atom is -0.497 e. The summed E-state index contributed by atoms with van der Waals surface area (Å²) in [4.78, 5) is 11.4. The van der Waals surface area contributed by atoms with E-state index in [2.05, 4.69) is 24.9 Å². The first-order valence-corrected chi connectivity index (χ1v) is 12.1. The average molecular weight is 470 g/mol. The van der Waals surface area contributed by atoms with Gasteiger partial charge in [0.05, 0.1) is 14.2 Å². The van der Waals surface area contributed by atoms with Crippen molar-refractivity contribution in [1.82, 2.24) is 9.97 Å². The van der Waals surface area contributed by atoms with Crippen LogP contribution in [0.15, 0.2) is 53.4 Å². The zero-order valence-electron chi connectivity index (χ0n) is 18.8. The number of sulfonamides is 1. The molecular weight excluding hydrogens is 442 g/mol. The third-order valence-corrected chi connectivity index (χ3v) is 6.70. The standard InChI is InChI=1S/C23H27N5O4S/c1-16-14-22(26-23(24-16)28-12-4-5-13-28)25-17-6-8-18(9-7-17)27-33(29,30)21-15-19(31-2)10-11-20(21)32-3/h6-11,14-15,27H,4-5,12-13H2,1-3H3,(H,24,25,26). The van der Waals surface area contributed by atoms with E-state index in [1.54, 1.807) is 36.4 Å². The molecule has 3 aromatic rings. The molecule has 9 nitrogen and oxygen atoms in total. The molecular formula is C23H27N5O4S. The molecule has 0 spiro atoms. The van der Waals surface area contributed by atoms with Gasteiger partial charge in [-0.25, -0.2) is 13.4 Å². The predicted molar refractivity (Wildman–Crippen MR) is 128 cm³/mol. The van der Waals surface area contributed by atoms with Crippen LogP contribution in [0.25, 0.3) is 0 Å². The molecule has 2 N–H and O–H groups in total. The van der Waals surface area contributed by atoms with Crippen LogP contribution in [-0.2, 0) is 10.0 Å². The van der Waals surface area contributed by atoms with E-state index < -0.39 is 10.0 Å². The smallest absolute Gasteiger partial charge is 0.265 e. The zero-order chi connectivity index (χ0) is 23.4. The molecule has 10 heteroatoms. The van der Waals surface area contributed by atoms with E-state index >= 15 is 0 Å². The lowest BCUT2D eigenvalue weighted by molar-refractivity contribution is 0.392. The molecule has 1 saturated heterocycles. The van der Waals surface area contributed by atoms with Gasteiger partial charge < -0.3 is 19.7 Å². The Balaban J connectivity index is 1.50. The fourth-order valence-electron chi connectivity index (χ4n) is 3.65. The number of nitrogens with zero attached hydrogens (tertiary/aromatic N) is 3. The van der Waals surface area contributed by atoms with Gasteiger partial charge in [-0.05, 0) is 56.2 Å². The molecule has 0 unspecified atom stereocenters. The molecule has 1 aliphatic heterocycles. The summed E-state index contributed by atoms with van der Waals surface area (Å²) in [5.74, 6) is 2.07. The van der Waals surface area contributed by atoms with Gasteiger partial charge in [0.1, 0.15) is 22.2 Å². The first kappa shape index (κ1) is 22.7. The second-order valence-electron chi connectivity index (χ2n) is 7.71. The van der Waals surface area contributed by atoms with Crippen molar-refractivity contribution in [3.05, 3.63) is 54.2 Å². The number of hydrogen-bond donors (Lipinski definition) is 2. The second kappa shape index (κ2) is 9.53. The normalized spacial score (nSPS) is 13.6. The number of ether oxygens (including phenoxy) is 2. The molecule has 0 saturated carbocycles. The Morgan fingerprint density at radius 1 is 0.909 bits per heavy atom. The number of aromatic nitrogens is 2. The molecule has 4 rings (SSSR count). The minimum absolute atomic E-state index is 0.00236. The number of hydrogen-bond acceptors (Lipinski definition) is 8. The highest BCUT2D eigenvalue weighted by Gasteiger charge is 2.21. The molecule has 1 fully saturated rings. The van der Waals surface area contributed by atoms with Crippen molar-refractivity contribution in [3.8, 4) is 11.5 Å². The van der Waals surface area contributed by atoms with E-state index in [0.29, 0.717) is 17.3 Å². The van der Waals surface area contributed by atoms with Crippen molar-refractivity contribution in [1.29, 1.82) is 0 Å². The van der Waals surface area contributed by atoms with E-state index in [-0.39, 0.29) is 10.6 Å². The van der Waals surface area contributed by atoms with Crippen molar-refractivity contribution in [2.24, 2.45) is 0 Å². The van der Waals surface area contributed by atoms with Gasteiger partial charge in [-0.1, -0.05) is 0 Å². The molecule has 33 heavy (non-hydrogen) atoms. The van der Waals surface area contributed by atoms with Crippen LogP contribution in [0.2, 0.25) is 0 Å². The first-order valence-electron chi connectivity index (χ1n) is 10.6. The van der Waals surface area contributed by atoms with Crippen LogP contribution >= 0.6 is 0 Å². The lowest BCUT2D eigenvalue weighted by atomic mass is 10.3. The quantitative estimate of drug-likeness (QED) is 0.511. The number of methoxy groups -OCH3 is 2. The molecule has 1 aliphatic rings. The minimum atomic E-state index is -3.88. The van der Waals surface area contributed by atoms with Crippen molar-refractivity contribution in [2.75, 3.05) is 42.2 Å². The van der Waals surface area contributed by atoms with Crippen molar-refractivity contribution >= 4 is 33.2 Å². The molecule has 0 amide bonds. The Bertz CT molecular complexity index is 1230. The maximum atomic E-state index is 12.9. The van der Waals surface area contributed by atoms with Gasteiger partial charge in [-0.15, -0.1) is 0 Å². The molecule has 174 valence electrons. The van der Waals surface area contributed by atoms with Gasteiger partial charge in [0.2, 0.25) is 5.95 Å². The number of anilines is 4. The van der Waals surface area contributed by atoms with Crippen LogP contribution in [0.4, 0.5) is 23.1 Å². The van der Waals surface area contributed by atoms with Crippen molar-refractivity contribution in [2.45, 2.75) is 24.7 Å². The number of aryl methyl sites for hydroxylation is 1. The Kier molecular flexibility index (Phi) is 6.55. The maximum Gasteiger partial charge on any atom is 0.265 e. The van der Waals surface area contributed by atoms with Crippen molar-refractivity contribution < 1.29 is 17.9 Å². The lowest BCUT2D eigenvalue weighted by Crippen LogP contribution is -2.21.